The number of thiazole rings is 1. The van der Waals surface area contributed by atoms with Gasteiger partial charge in [-0.05, 0) is 56.9 Å². The van der Waals surface area contributed by atoms with Crippen LogP contribution >= 0.6 is 11.3 Å². The van der Waals surface area contributed by atoms with Gasteiger partial charge in [-0.15, -0.1) is 11.3 Å². The molecule has 170 valence electrons. The van der Waals surface area contributed by atoms with Crippen molar-refractivity contribution in [1.29, 1.82) is 0 Å². The molecule has 1 saturated heterocycles. The monoisotopic (exact) mass is 458 g/mol. The molecule has 32 heavy (non-hydrogen) atoms. The Morgan fingerprint density at radius 1 is 1.41 bits per heavy atom. The van der Waals surface area contributed by atoms with Crippen LogP contribution in [0.3, 0.4) is 0 Å². The summed E-state index contributed by atoms with van der Waals surface area (Å²) < 4.78 is 21.6. The minimum absolute atomic E-state index is 0.0718. The fraction of sp³-hybridized carbons (Fsp3) is 0.435. The third-order valence-electron chi connectivity index (χ3n) is 6.15. The van der Waals surface area contributed by atoms with Crippen molar-refractivity contribution in [3.8, 4) is 5.75 Å². The van der Waals surface area contributed by atoms with Gasteiger partial charge in [0.05, 0.1) is 19.3 Å². The number of nitrogens with one attached hydrogen (secondary N) is 2. The third kappa shape index (κ3) is 4.62. The molecule has 1 aliphatic rings. The van der Waals surface area contributed by atoms with Crippen molar-refractivity contribution in [1.82, 2.24) is 20.0 Å². The van der Waals surface area contributed by atoms with Crippen LogP contribution in [0.25, 0.3) is 4.96 Å². The molecule has 0 aliphatic carbocycles. The smallest absolute Gasteiger partial charge is 0.220 e. The summed E-state index contributed by atoms with van der Waals surface area (Å²) in [5.41, 5.74) is 1.78. The number of carbonyl (C=O) groups excluding carboxylic acids is 2. The van der Waals surface area contributed by atoms with Crippen molar-refractivity contribution in [2.24, 2.45) is 0 Å². The van der Waals surface area contributed by atoms with Crippen molar-refractivity contribution in [2.75, 3.05) is 7.11 Å². The minimum Gasteiger partial charge on any atom is -0.497 e. The maximum atomic E-state index is 14.4. The molecule has 0 bridgehead atoms. The molecule has 1 fully saturated rings. The van der Waals surface area contributed by atoms with Crippen LogP contribution < -0.4 is 15.4 Å². The number of fused-ring (bicyclic) bond motifs is 1. The van der Waals surface area contributed by atoms with Crippen LogP contribution in [-0.2, 0) is 22.6 Å². The minimum atomic E-state index is -0.646. The zero-order valence-electron chi connectivity index (χ0n) is 18.5. The first-order chi connectivity index (χ1) is 15.3. The summed E-state index contributed by atoms with van der Waals surface area (Å²) in [6.45, 7) is 4.45. The van der Waals surface area contributed by atoms with E-state index < -0.39 is 5.54 Å². The highest BCUT2D eigenvalue weighted by Crippen LogP contribution is 2.31. The Balaban J connectivity index is 1.38. The normalized spacial score (nSPS) is 18.2. The zero-order valence-corrected chi connectivity index (χ0v) is 19.3. The standard InChI is InChI=1S/C23H27FN4O3S/c1-14-15(2)32-22-26-17(13-28(14)22)12-25-20(29)6-8-23(9-7-21(30)27-23)11-16-10-18(31-3)4-5-19(16)24/h4-5,10,13H,6-9,11-12H2,1-3H3,(H,25,29)(H,27,30)/t23-/m1/s1. The van der Waals surface area contributed by atoms with Gasteiger partial charge in [-0.1, -0.05) is 0 Å². The molecule has 2 amide bonds. The van der Waals surface area contributed by atoms with Gasteiger partial charge in [-0.3, -0.25) is 14.0 Å². The highest BCUT2D eigenvalue weighted by molar-refractivity contribution is 7.17. The number of carbonyl (C=O) groups is 2. The lowest BCUT2D eigenvalue weighted by molar-refractivity contribution is -0.122. The van der Waals surface area contributed by atoms with Gasteiger partial charge in [0.15, 0.2) is 4.96 Å². The van der Waals surface area contributed by atoms with Crippen LogP contribution in [0.5, 0.6) is 5.75 Å². The van der Waals surface area contributed by atoms with E-state index in [1.807, 2.05) is 17.5 Å². The maximum Gasteiger partial charge on any atom is 0.220 e. The van der Waals surface area contributed by atoms with Crippen molar-refractivity contribution >= 4 is 28.1 Å². The number of benzene rings is 1. The van der Waals surface area contributed by atoms with E-state index in [0.29, 0.717) is 43.5 Å². The SMILES string of the molecule is COc1ccc(F)c(C[C@@]2(CCC(=O)NCc3cn4c(C)c(C)sc4n3)CCC(=O)N2)c1. The Hall–Kier alpha value is -2.94. The van der Waals surface area contributed by atoms with Crippen molar-refractivity contribution in [2.45, 2.75) is 58.0 Å². The number of nitrogens with zero attached hydrogens (tertiary/aromatic N) is 2. The number of rotatable bonds is 8. The summed E-state index contributed by atoms with van der Waals surface area (Å²) in [4.78, 5) is 31.2. The number of imidazole rings is 1. The lowest BCUT2D eigenvalue weighted by atomic mass is 9.84. The van der Waals surface area contributed by atoms with Crippen molar-refractivity contribution in [3.63, 3.8) is 0 Å². The van der Waals surface area contributed by atoms with E-state index in [1.54, 1.807) is 23.5 Å². The summed E-state index contributed by atoms with van der Waals surface area (Å²) in [5.74, 6) is 0.0171. The molecule has 0 spiro atoms. The number of methoxy groups -OCH3 is 1. The molecule has 9 heteroatoms. The first-order valence-electron chi connectivity index (χ1n) is 10.6. The molecular weight excluding hydrogens is 431 g/mol. The number of ether oxygens (including phenoxy) is 1. The second-order valence-electron chi connectivity index (χ2n) is 8.37. The van der Waals surface area contributed by atoms with Crippen LogP contribution in [0.15, 0.2) is 24.4 Å². The van der Waals surface area contributed by atoms with Crippen molar-refractivity contribution < 1.29 is 18.7 Å². The molecular formula is C23H27FN4O3S. The zero-order chi connectivity index (χ0) is 22.9. The molecule has 3 heterocycles. The van der Waals surface area contributed by atoms with Gasteiger partial charge in [0.25, 0.3) is 0 Å². The Morgan fingerprint density at radius 2 is 2.22 bits per heavy atom. The maximum absolute atomic E-state index is 14.4. The summed E-state index contributed by atoms with van der Waals surface area (Å²) in [7, 11) is 1.53. The molecule has 7 nitrogen and oxygen atoms in total. The molecule has 4 rings (SSSR count). The van der Waals surface area contributed by atoms with Gasteiger partial charge < -0.3 is 15.4 Å². The van der Waals surface area contributed by atoms with E-state index in [1.165, 1.54) is 18.1 Å². The molecule has 1 atom stereocenters. The van der Waals surface area contributed by atoms with Gasteiger partial charge in [-0.2, -0.15) is 0 Å². The number of aromatic nitrogens is 2. The summed E-state index contributed by atoms with van der Waals surface area (Å²) in [6.07, 6.45) is 3.84. The lowest BCUT2D eigenvalue weighted by Crippen LogP contribution is -2.44. The topological polar surface area (TPSA) is 84.7 Å². The first kappa shape index (κ1) is 22.3. The molecule has 0 saturated carbocycles. The van der Waals surface area contributed by atoms with Crippen molar-refractivity contribution in [3.05, 3.63) is 52.0 Å². The van der Waals surface area contributed by atoms with Gasteiger partial charge in [0.2, 0.25) is 11.8 Å². The van der Waals surface area contributed by atoms with E-state index in [4.69, 9.17) is 4.74 Å². The number of amides is 2. The third-order valence-corrected chi connectivity index (χ3v) is 7.23. The average Bonchev–Trinajstić information content (AvgIpc) is 3.42. The molecule has 3 aromatic rings. The van der Waals surface area contributed by atoms with E-state index in [2.05, 4.69) is 22.5 Å². The van der Waals surface area contributed by atoms with Gasteiger partial charge in [0.1, 0.15) is 11.6 Å². The molecule has 0 unspecified atom stereocenters. The predicted octanol–water partition coefficient (Wildman–Crippen LogP) is 3.45. The highest BCUT2D eigenvalue weighted by Gasteiger charge is 2.38. The predicted molar refractivity (Wildman–Crippen MR) is 120 cm³/mol. The molecule has 2 aromatic heterocycles. The van der Waals surface area contributed by atoms with Gasteiger partial charge in [-0.25, -0.2) is 9.37 Å². The summed E-state index contributed by atoms with van der Waals surface area (Å²) in [5, 5.41) is 5.91. The second-order valence-corrected chi connectivity index (χ2v) is 9.55. The van der Waals surface area contributed by atoms with Crippen LogP contribution in [0.2, 0.25) is 0 Å². The number of hydrogen-bond acceptors (Lipinski definition) is 5. The van der Waals surface area contributed by atoms with E-state index in [9.17, 15) is 14.0 Å². The van der Waals surface area contributed by atoms with Crippen LogP contribution in [-0.4, -0.2) is 33.8 Å². The Bertz CT molecular complexity index is 1170. The Morgan fingerprint density at radius 3 is 2.91 bits per heavy atom. The van der Waals surface area contributed by atoms with E-state index >= 15 is 0 Å². The quantitative estimate of drug-likeness (QED) is 0.542. The first-order valence-corrected chi connectivity index (χ1v) is 11.4. The van der Waals surface area contributed by atoms with Gasteiger partial charge in [0, 0.05) is 35.1 Å². The fourth-order valence-electron chi connectivity index (χ4n) is 4.18. The second kappa shape index (κ2) is 8.90. The Labute approximate surface area is 190 Å². The number of halogens is 1. The number of hydrogen-bond donors (Lipinski definition) is 2. The van der Waals surface area contributed by atoms with Crippen LogP contribution in [0.4, 0.5) is 4.39 Å². The molecule has 1 aromatic carbocycles. The fourth-order valence-corrected chi connectivity index (χ4v) is 5.15. The van der Waals surface area contributed by atoms with Gasteiger partial charge >= 0.3 is 0 Å². The Kier molecular flexibility index (Phi) is 6.19. The molecule has 1 aliphatic heterocycles. The summed E-state index contributed by atoms with van der Waals surface area (Å²) >= 11 is 1.62. The van der Waals surface area contributed by atoms with E-state index in [-0.39, 0.29) is 24.1 Å². The van der Waals surface area contributed by atoms with E-state index in [0.717, 1.165) is 16.3 Å². The lowest BCUT2D eigenvalue weighted by Gasteiger charge is -2.29. The number of aryl methyl sites for hydroxylation is 2. The molecule has 0 radical (unpaired) electrons. The van der Waals surface area contributed by atoms with Crippen LogP contribution in [0, 0.1) is 19.7 Å². The largest absolute Gasteiger partial charge is 0.497 e. The average molecular weight is 459 g/mol. The molecule has 2 N–H and O–H groups in total. The summed E-state index contributed by atoms with van der Waals surface area (Å²) in [6, 6.07) is 4.58. The highest BCUT2D eigenvalue weighted by atomic mass is 32.1. The van der Waals surface area contributed by atoms with Crippen LogP contribution in [0.1, 0.15) is 47.5 Å².